The summed E-state index contributed by atoms with van der Waals surface area (Å²) in [7, 11) is 0. The fraction of sp³-hybridized carbons (Fsp3) is 0.923. The lowest BCUT2D eigenvalue weighted by Gasteiger charge is -2.31. The van der Waals surface area contributed by atoms with E-state index < -0.39 is 0 Å². The highest BCUT2D eigenvalue weighted by molar-refractivity contribution is 5.76. The quantitative estimate of drug-likeness (QED) is 0.732. The second-order valence-electron chi connectivity index (χ2n) is 5.26. The first-order valence-electron chi connectivity index (χ1n) is 6.83. The number of rotatable bonds is 6. The van der Waals surface area contributed by atoms with Crippen LogP contribution in [0.1, 0.15) is 46.5 Å². The van der Waals surface area contributed by atoms with Gasteiger partial charge in [0.1, 0.15) is 0 Å². The molecule has 0 spiro atoms. The maximum atomic E-state index is 11.8. The Hall–Kier alpha value is -0.610. The Bertz CT molecular complexity index is 243. The van der Waals surface area contributed by atoms with Gasteiger partial charge in [-0.3, -0.25) is 9.69 Å². The van der Waals surface area contributed by atoms with Gasteiger partial charge in [0.25, 0.3) is 0 Å². The van der Waals surface area contributed by atoms with Gasteiger partial charge in [-0.2, -0.15) is 0 Å². The van der Waals surface area contributed by atoms with Gasteiger partial charge in [-0.05, 0) is 39.7 Å². The van der Waals surface area contributed by atoms with Crippen molar-refractivity contribution in [2.75, 3.05) is 13.1 Å². The monoisotopic (exact) mass is 241 g/mol. The van der Waals surface area contributed by atoms with Gasteiger partial charge in [0.2, 0.25) is 5.91 Å². The summed E-state index contributed by atoms with van der Waals surface area (Å²) in [5.41, 5.74) is 5.83. The molecule has 4 heteroatoms. The van der Waals surface area contributed by atoms with Crippen molar-refractivity contribution < 1.29 is 4.79 Å². The molecule has 2 atom stereocenters. The first-order chi connectivity index (χ1) is 8.08. The lowest BCUT2D eigenvalue weighted by Crippen LogP contribution is -2.46. The highest BCUT2D eigenvalue weighted by atomic mass is 16.1. The molecule has 1 saturated heterocycles. The highest BCUT2D eigenvalue weighted by Crippen LogP contribution is 2.23. The molecule has 0 aromatic rings. The Morgan fingerprint density at radius 1 is 1.53 bits per heavy atom. The summed E-state index contributed by atoms with van der Waals surface area (Å²) in [6.45, 7) is 7.85. The molecule has 17 heavy (non-hydrogen) atoms. The number of hydrogen-bond acceptors (Lipinski definition) is 3. The van der Waals surface area contributed by atoms with Crippen molar-refractivity contribution >= 4 is 5.91 Å². The third kappa shape index (κ3) is 4.28. The average molecular weight is 241 g/mol. The first kappa shape index (κ1) is 14.5. The van der Waals surface area contributed by atoms with E-state index >= 15 is 0 Å². The molecule has 1 heterocycles. The second-order valence-corrected chi connectivity index (χ2v) is 5.26. The molecule has 100 valence electrons. The van der Waals surface area contributed by atoms with E-state index in [1.165, 1.54) is 12.8 Å². The number of nitrogens with two attached hydrogens (primary N) is 1. The minimum atomic E-state index is 0.122. The van der Waals surface area contributed by atoms with E-state index in [4.69, 9.17) is 5.73 Å². The number of carbonyl (C=O) groups is 1. The smallest absolute Gasteiger partial charge is 0.221 e. The molecule has 2 unspecified atom stereocenters. The third-order valence-electron chi connectivity index (χ3n) is 3.51. The number of hydrogen-bond donors (Lipinski definition) is 2. The van der Waals surface area contributed by atoms with E-state index in [0.717, 1.165) is 13.0 Å². The van der Waals surface area contributed by atoms with Crippen molar-refractivity contribution in [2.45, 2.75) is 64.6 Å². The summed E-state index contributed by atoms with van der Waals surface area (Å²) in [5.74, 6) is 0.122. The predicted octanol–water partition coefficient (Wildman–Crippen LogP) is 1.10. The van der Waals surface area contributed by atoms with Crippen molar-refractivity contribution in [3.63, 3.8) is 0 Å². The van der Waals surface area contributed by atoms with E-state index in [0.29, 0.717) is 19.0 Å². The standard InChI is InChI=1S/C13H27N3O/c1-4-11-6-5-7-16(11)12(9-14)8-13(17)15-10(2)3/h10-12H,4-9,14H2,1-3H3,(H,15,17). The van der Waals surface area contributed by atoms with Crippen LogP contribution in [0.15, 0.2) is 0 Å². The SMILES string of the molecule is CCC1CCCN1C(CN)CC(=O)NC(C)C. The molecule has 4 nitrogen and oxygen atoms in total. The molecule has 0 aliphatic carbocycles. The van der Waals surface area contributed by atoms with E-state index in [9.17, 15) is 4.79 Å². The Morgan fingerprint density at radius 2 is 2.24 bits per heavy atom. The van der Waals surface area contributed by atoms with Gasteiger partial charge in [0.05, 0.1) is 0 Å². The van der Waals surface area contributed by atoms with Gasteiger partial charge in [-0.15, -0.1) is 0 Å². The van der Waals surface area contributed by atoms with Crippen molar-refractivity contribution in [3.8, 4) is 0 Å². The Balaban J connectivity index is 2.50. The first-order valence-corrected chi connectivity index (χ1v) is 6.83. The number of amides is 1. The van der Waals surface area contributed by atoms with E-state index in [1.54, 1.807) is 0 Å². The topological polar surface area (TPSA) is 58.4 Å². The van der Waals surface area contributed by atoms with Crippen LogP contribution in [-0.4, -0.2) is 42.0 Å². The summed E-state index contributed by atoms with van der Waals surface area (Å²) in [6.07, 6.45) is 4.17. The van der Waals surface area contributed by atoms with Crippen molar-refractivity contribution in [3.05, 3.63) is 0 Å². The van der Waals surface area contributed by atoms with Gasteiger partial charge in [0, 0.05) is 31.1 Å². The van der Waals surface area contributed by atoms with Crippen LogP contribution in [0.2, 0.25) is 0 Å². The maximum absolute atomic E-state index is 11.8. The van der Waals surface area contributed by atoms with Gasteiger partial charge in [0.15, 0.2) is 0 Å². The fourth-order valence-electron chi connectivity index (χ4n) is 2.71. The van der Waals surface area contributed by atoms with Crippen LogP contribution in [0, 0.1) is 0 Å². The molecule has 0 radical (unpaired) electrons. The number of carbonyl (C=O) groups excluding carboxylic acids is 1. The lowest BCUT2D eigenvalue weighted by molar-refractivity contribution is -0.122. The molecule has 0 aromatic carbocycles. The summed E-state index contributed by atoms with van der Waals surface area (Å²) in [6, 6.07) is 1.04. The molecule has 1 amide bonds. The maximum Gasteiger partial charge on any atom is 0.221 e. The molecule has 0 bridgehead atoms. The predicted molar refractivity (Wildman–Crippen MR) is 70.8 cm³/mol. The number of nitrogens with one attached hydrogen (secondary N) is 1. The molecular weight excluding hydrogens is 214 g/mol. The Labute approximate surface area is 105 Å². The molecule has 1 rings (SSSR count). The zero-order valence-corrected chi connectivity index (χ0v) is 11.4. The van der Waals surface area contributed by atoms with Gasteiger partial charge in [-0.25, -0.2) is 0 Å². The van der Waals surface area contributed by atoms with Crippen LogP contribution in [0.4, 0.5) is 0 Å². The van der Waals surface area contributed by atoms with Gasteiger partial charge >= 0.3 is 0 Å². The van der Waals surface area contributed by atoms with E-state index in [2.05, 4.69) is 17.1 Å². The van der Waals surface area contributed by atoms with Crippen molar-refractivity contribution in [2.24, 2.45) is 5.73 Å². The molecule has 0 aromatic heterocycles. The minimum Gasteiger partial charge on any atom is -0.354 e. The van der Waals surface area contributed by atoms with Crippen LogP contribution in [0.5, 0.6) is 0 Å². The zero-order chi connectivity index (χ0) is 12.8. The number of likely N-dealkylation sites (tertiary alicyclic amines) is 1. The summed E-state index contributed by atoms with van der Waals surface area (Å²) >= 11 is 0. The van der Waals surface area contributed by atoms with Crippen LogP contribution in [0.25, 0.3) is 0 Å². The van der Waals surface area contributed by atoms with Crippen LogP contribution in [0.3, 0.4) is 0 Å². The normalized spacial score (nSPS) is 23.0. The molecule has 1 aliphatic heterocycles. The molecule has 0 saturated carbocycles. The van der Waals surface area contributed by atoms with E-state index in [-0.39, 0.29) is 18.0 Å². The van der Waals surface area contributed by atoms with Crippen LogP contribution < -0.4 is 11.1 Å². The largest absolute Gasteiger partial charge is 0.354 e. The van der Waals surface area contributed by atoms with Gasteiger partial charge < -0.3 is 11.1 Å². The number of nitrogens with zero attached hydrogens (tertiary/aromatic N) is 1. The Kier molecular flexibility index (Phi) is 5.92. The van der Waals surface area contributed by atoms with Crippen molar-refractivity contribution in [1.82, 2.24) is 10.2 Å². The third-order valence-corrected chi connectivity index (χ3v) is 3.51. The van der Waals surface area contributed by atoms with Crippen LogP contribution in [-0.2, 0) is 4.79 Å². The molecular formula is C13H27N3O. The second kappa shape index (κ2) is 6.97. The fourth-order valence-corrected chi connectivity index (χ4v) is 2.71. The average Bonchev–Trinajstić information content (AvgIpc) is 2.72. The highest BCUT2D eigenvalue weighted by Gasteiger charge is 2.29. The van der Waals surface area contributed by atoms with Crippen LogP contribution >= 0.6 is 0 Å². The summed E-state index contributed by atoms with van der Waals surface area (Å²) in [5, 5.41) is 2.94. The van der Waals surface area contributed by atoms with Crippen molar-refractivity contribution in [1.29, 1.82) is 0 Å². The molecule has 3 N–H and O–H groups in total. The van der Waals surface area contributed by atoms with Gasteiger partial charge in [-0.1, -0.05) is 6.92 Å². The minimum absolute atomic E-state index is 0.122. The summed E-state index contributed by atoms with van der Waals surface area (Å²) in [4.78, 5) is 14.2. The molecule has 1 fully saturated rings. The molecule has 1 aliphatic rings. The summed E-state index contributed by atoms with van der Waals surface area (Å²) < 4.78 is 0. The zero-order valence-electron chi connectivity index (χ0n) is 11.4. The lowest BCUT2D eigenvalue weighted by atomic mass is 10.1. The van der Waals surface area contributed by atoms with E-state index in [1.807, 2.05) is 13.8 Å². The Morgan fingerprint density at radius 3 is 2.76 bits per heavy atom.